The zero-order valence-electron chi connectivity index (χ0n) is 9.29. The lowest BCUT2D eigenvalue weighted by molar-refractivity contribution is 0.446. The largest absolute Gasteiger partial charge is 0.506 e. The van der Waals surface area contributed by atoms with E-state index in [9.17, 15) is 10.0 Å². The lowest BCUT2D eigenvalue weighted by Gasteiger charge is -2.22. The van der Waals surface area contributed by atoms with E-state index >= 15 is 0 Å². The third-order valence-electron chi connectivity index (χ3n) is 2.26. The molecule has 0 saturated carbocycles. The summed E-state index contributed by atoms with van der Waals surface area (Å²) in [5.41, 5.74) is -0.142. The Morgan fingerprint density at radius 1 is 1.38 bits per heavy atom. The summed E-state index contributed by atoms with van der Waals surface area (Å²) in [6.45, 7) is 5.79. The Balaban J connectivity index is 3.39. The van der Waals surface area contributed by atoms with Crippen LogP contribution in [0.2, 0.25) is 5.02 Å². The zero-order chi connectivity index (χ0) is 12.5. The van der Waals surface area contributed by atoms with Crippen LogP contribution in [-0.2, 0) is 5.41 Å². The van der Waals surface area contributed by atoms with Crippen LogP contribution in [0.25, 0.3) is 0 Å². The molecule has 0 spiro atoms. The van der Waals surface area contributed by atoms with Gasteiger partial charge in [-0.25, -0.2) is 0 Å². The predicted octanol–water partition coefficient (Wildman–Crippen LogP) is 4.35. The standard InChI is InChI=1S/C11H13Cl2NO2/c1-11(2,3)7-4-6(10(13)14-16)5-8(12)9(7)15/h4-5,10,15H,1-3H3. The van der Waals surface area contributed by atoms with Crippen molar-refractivity contribution in [3.8, 4) is 5.75 Å². The molecule has 0 aromatic heterocycles. The summed E-state index contributed by atoms with van der Waals surface area (Å²) < 4.78 is 0. The summed E-state index contributed by atoms with van der Waals surface area (Å²) in [5.74, 6) is 0.0210. The summed E-state index contributed by atoms with van der Waals surface area (Å²) in [5, 5.41) is 12.7. The normalized spacial score (nSPS) is 13.6. The first-order chi connectivity index (χ1) is 7.27. The molecule has 1 aromatic rings. The maximum Gasteiger partial charge on any atom is 0.190 e. The van der Waals surface area contributed by atoms with Crippen LogP contribution in [0.5, 0.6) is 5.75 Å². The summed E-state index contributed by atoms with van der Waals surface area (Å²) in [6.07, 6.45) is 0. The van der Waals surface area contributed by atoms with Crippen molar-refractivity contribution < 1.29 is 5.11 Å². The van der Waals surface area contributed by atoms with E-state index < -0.39 is 5.50 Å². The van der Waals surface area contributed by atoms with Crippen molar-refractivity contribution >= 4 is 23.2 Å². The summed E-state index contributed by atoms with van der Waals surface area (Å²) >= 11 is 11.6. The van der Waals surface area contributed by atoms with Crippen LogP contribution < -0.4 is 0 Å². The van der Waals surface area contributed by atoms with E-state index in [1.807, 2.05) is 20.8 Å². The van der Waals surface area contributed by atoms with Crippen molar-refractivity contribution in [3.05, 3.63) is 33.2 Å². The SMILES string of the molecule is CC(C)(C)c1cc(C(Cl)N=O)cc(Cl)c1O. The van der Waals surface area contributed by atoms with Gasteiger partial charge < -0.3 is 5.11 Å². The molecule has 88 valence electrons. The zero-order valence-corrected chi connectivity index (χ0v) is 10.8. The molecular weight excluding hydrogens is 249 g/mol. The van der Waals surface area contributed by atoms with Gasteiger partial charge in [0.05, 0.1) is 5.02 Å². The molecule has 0 bridgehead atoms. The molecule has 0 amide bonds. The minimum Gasteiger partial charge on any atom is -0.506 e. The fourth-order valence-electron chi connectivity index (χ4n) is 1.39. The molecule has 3 nitrogen and oxygen atoms in total. The van der Waals surface area contributed by atoms with Gasteiger partial charge in [-0.3, -0.25) is 0 Å². The van der Waals surface area contributed by atoms with Crippen LogP contribution in [0.15, 0.2) is 17.3 Å². The lowest BCUT2D eigenvalue weighted by atomic mass is 9.85. The molecule has 1 atom stereocenters. The van der Waals surface area contributed by atoms with E-state index in [4.69, 9.17) is 23.2 Å². The molecule has 0 aliphatic carbocycles. The van der Waals surface area contributed by atoms with Crippen molar-refractivity contribution in [2.75, 3.05) is 0 Å². The van der Waals surface area contributed by atoms with Gasteiger partial charge in [-0.1, -0.05) is 44.0 Å². The van der Waals surface area contributed by atoms with Crippen molar-refractivity contribution in [1.29, 1.82) is 0 Å². The highest BCUT2D eigenvalue weighted by molar-refractivity contribution is 6.32. The van der Waals surface area contributed by atoms with Crippen LogP contribution in [-0.4, -0.2) is 5.11 Å². The summed E-state index contributed by atoms with van der Waals surface area (Å²) in [7, 11) is 0. The van der Waals surface area contributed by atoms with Crippen LogP contribution in [0.4, 0.5) is 0 Å². The van der Waals surface area contributed by atoms with Crippen molar-refractivity contribution in [1.82, 2.24) is 0 Å². The number of hydrogen-bond acceptors (Lipinski definition) is 3. The van der Waals surface area contributed by atoms with Crippen LogP contribution in [0, 0.1) is 4.91 Å². The average Bonchev–Trinajstić information content (AvgIpc) is 2.18. The lowest BCUT2D eigenvalue weighted by Crippen LogP contribution is -2.12. The Labute approximate surface area is 104 Å². The minimum atomic E-state index is -0.987. The smallest absolute Gasteiger partial charge is 0.190 e. The molecule has 1 rings (SSSR count). The van der Waals surface area contributed by atoms with Gasteiger partial charge in [-0.15, -0.1) is 4.91 Å². The minimum absolute atomic E-state index is 0.0210. The fourth-order valence-corrected chi connectivity index (χ4v) is 1.74. The van der Waals surface area contributed by atoms with Gasteiger partial charge in [0.2, 0.25) is 0 Å². The maximum atomic E-state index is 10.4. The number of rotatable bonds is 2. The summed E-state index contributed by atoms with van der Waals surface area (Å²) in [6, 6.07) is 3.10. The molecule has 5 heteroatoms. The van der Waals surface area contributed by atoms with Crippen LogP contribution in [0.3, 0.4) is 0 Å². The van der Waals surface area contributed by atoms with Crippen LogP contribution in [0.1, 0.15) is 37.4 Å². The summed E-state index contributed by atoms with van der Waals surface area (Å²) in [4.78, 5) is 10.4. The van der Waals surface area contributed by atoms with Gasteiger partial charge in [0, 0.05) is 5.56 Å². The Morgan fingerprint density at radius 3 is 2.38 bits per heavy atom. The topological polar surface area (TPSA) is 49.7 Å². The van der Waals surface area contributed by atoms with E-state index in [1.54, 1.807) is 6.07 Å². The highest BCUT2D eigenvalue weighted by Crippen LogP contribution is 2.39. The van der Waals surface area contributed by atoms with Crippen molar-refractivity contribution in [3.63, 3.8) is 0 Å². The molecule has 0 saturated heterocycles. The number of nitroso groups, excluding NO2 is 1. The second kappa shape index (κ2) is 4.60. The molecule has 0 fully saturated rings. The third-order valence-corrected chi connectivity index (χ3v) is 2.88. The quantitative estimate of drug-likeness (QED) is 0.489. The number of aromatic hydroxyl groups is 1. The van der Waals surface area contributed by atoms with Gasteiger partial charge in [0.25, 0.3) is 0 Å². The number of hydrogen-bond donors (Lipinski definition) is 1. The van der Waals surface area contributed by atoms with Crippen LogP contribution >= 0.6 is 23.2 Å². The molecule has 1 unspecified atom stereocenters. The highest BCUT2D eigenvalue weighted by Gasteiger charge is 2.22. The van der Waals surface area contributed by atoms with E-state index in [0.717, 1.165) is 0 Å². The first-order valence-corrected chi connectivity index (χ1v) is 5.58. The Morgan fingerprint density at radius 2 is 1.94 bits per heavy atom. The monoisotopic (exact) mass is 261 g/mol. The molecule has 0 aliphatic rings. The molecule has 0 radical (unpaired) electrons. The number of alkyl halides is 1. The number of benzene rings is 1. The second-order valence-corrected chi connectivity index (χ2v) is 5.41. The number of nitrogens with zero attached hydrogens (tertiary/aromatic N) is 1. The Bertz CT molecular complexity index is 413. The molecule has 1 N–H and O–H groups in total. The number of phenols is 1. The van der Waals surface area contributed by atoms with E-state index in [1.165, 1.54) is 6.07 Å². The maximum absolute atomic E-state index is 10.4. The molecule has 1 aromatic carbocycles. The Kier molecular flexibility index (Phi) is 3.81. The average molecular weight is 262 g/mol. The first-order valence-electron chi connectivity index (χ1n) is 4.76. The highest BCUT2D eigenvalue weighted by atomic mass is 35.5. The number of halogens is 2. The van der Waals surface area contributed by atoms with E-state index in [-0.39, 0.29) is 16.2 Å². The molecule has 0 heterocycles. The second-order valence-electron chi connectivity index (χ2n) is 4.59. The van der Waals surface area contributed by atoms with Gasteiger partial charge in [0.15, 0.2) is 5.50 Å². The third kappa shape index (κ3) is 2.66. The number of phenolic OH excluding ortho intramolecular Hbond substituents is 1. The predicted molar refractivity (Wildman–Crippen MR) is 66.2 cm³/mol. The molecule has 0 aliphatic heterocycles. The molecular formula is C11H13Cl2NO2. The van der Waals surface area contributed by atoms with Crippen molar-refractivity contribution in [2.45, 2.75) is 31.7 Å². The van der Waals surface area contributed by atoms with Gasteiger partial charge >= 0.3 is 0 Å². The van der Waals surface area contributed by atoms with E-state index in [2.05, 4.69) is 5.18 Å². The van der Waals surface area contributed by atoms with Gasteiger partial charge in [-0.2, -0.15) is 0 Å². The first kappa shape index (κ1) is 13.3. The van der Waals surface area contributed by atoms with Gasteiger partial charge in [-0.05, 0) is 28.3 Å². The van der Waals surface area contributed by atoms with Gasteiger partial charge in [0.1, 0.15) is 5.75 Å². The Hall–Kier alpha value is -0.800. The molecule has 16 heavy (non-hydrogen) atoms. The fraction of sp³-hybridized carbons (Fsp3) is 0.455. The van der Waals surface area contributed by atoms with Crippen molar-refractivity contribution in [2.24, 2.45) is 5.18 Å². The van der Waals surface area contributed by atoms with E-state index in [0.29, 0.717) is 11.1 Å².